The van der Waals surface area contributed by atoms with Gasteiger partial charge in [-0.3, -0.25) is 4.90 Å². The Morgan fingerprint density at radius 2 is 2.20 bits per heavy atom. The van der Waals surface area contributed by atoms with E-state index in [0.29, 0.717) is 19.8 Å². The van der Waals surface area contributed by atoms with Gasteiger partial charge >= 0.3 is 0 Å². The molecule has 1 unspecified atom stereocenters. The number of morpholine rings is 1. The molecule has 0 aromatic carbocycles. The maximum Gasteiger partial charge on any atom is 0.261 e. The lowest BCUT2D eigenvalue weighted by Gasteiger charge is -2.29. The first-order valence-electron chi connectivity index (χ1n) is 6.42. The first-order chi connectivity index (χ1) is 9.49. The Labute approximate surface area is 118 Å². The van der Waals surface area contributed by atoms with E-state index in [1.807, 2.05) is 0 Å². The predicted octanol–water partition coefficient (Wildman–Crippen LogP) is 0.220. The van der Waals surface area contributed by atoms with Crippen LogP contribution in [-0.4, -0.2) is 57.2 Å². The van der Waals surface area contributed by atoms with Crippen LogP contribution in [0.25, 0.3) is 0 Å². The van der Waals surface area contributed by atoms with E-state index in [2.05, 4.69) is 14.6 Å². The Kier molecular flexibility index (Phi) is 5.03. The molecule has 1 aromatic rings. The summed E-state index contributed by atoms with van der Waals surface area (Å²) in [5, 5.41) is -0.561. The molecule has 1 fully saturated rings. The van der Waals surface area contributed by atoms with Crippen molar-refractivity contribution in [2.45, 2.75) is 18.0 Å². The van der Waals surface area contributed by atoms with Gasteiger partial charge in [-0.25, -0.2) is 22.5 Å². The average molecular weight is 303 g/mol. The lowest BCUT2D eigenvalue weighted by molar-refractivity contribution is 0.0354. The zero-order chi connectivity index (χ0) is 14.6. The summed E-state index contributed by atoms with van der Waals surface area (Å²) in [6.07, 6.45) is 1.25. The van der Waals surface area contributed by atoms with Crippen molar-refractivity contribution < 1.29 is 17.5 Å². The summed E-state index contributed by atoms with van der Waals surface area (Å²) >= 11 is 0. The van der Waals surface area contributed by atoms with Gasteiger partial charge in [0.15, 0.2) is 5.82 Å². The molecule has 0 saturated carbocycles. The number of ether oxygens (including phenoxy) is 1. The van der Waals surface area contributed by atoms with E-state index in [4.69, 9.17) is 4.74 Å². The van der Waals surface area contributed by atoms with Gasteiger partial charge in [0.05, 0.1) is 13.2 Å². The summed E-state index contributed by atoms with van der Waals surface area (Å²) in [5.41, 5.74) is 0. The topological polar surface area (TPSA) is 71.5 Å². The smallest absolute Gasteiger partial charge is 0.261 e. The number of hydrogen-bond acceptors (Lipinski definition) is 5. The molecule has 0 amide bonds. The van der Waals surface area contributed by atoms with Crippen molar-refractivity contribution >= 4 is 10.0 Å². The quantitative estimate of drug-likeness (QED) is 0.842. The summed E-state index contributed by atoms with van der Waals surface area (Å²) < 4.78 is 45.3. The second-order valence-corrected chi connectivity index (χ2v) is 6.35. The molecular formula is C12H18FN3O3S. The fourth-order valence-electron chi connectivity index (χ4n) is 2.10. The van der Waals surface area contributed by atoms with Gasteiger partial charge in [0.25, 0.3) is 10.0 Å². The highest BCUT2D eigenvalue weighted by atomic mass is 32.2. The lowest BCUT2D eigenvalue weighted by atomic mass is 10.3. The fraction of sp³-hybridized carbons (Fsp3) is 0.583. The zero-order valence-corrected chi connectivity index (χ0v) is 12.1. The highest BCUT2D eigenvalue weighted by Crippen LogP contribution is 2.10. The first-order valence-corrected chi connectivity index (χ1v) is 7.90. The van der Waals surface area contributed by atoms with Crippen LogP contribution in [0.2, 0.25) is 0 Å². The minimum atomic E-state index is -3.93. The molecule has 8 heteroatoms. The van der Waals surface area contributed by atoms with Gasteiger partial charge in [-0.05, 0) is 19.1 Å². The molecule has 1 aliphatic rings. The molecule has 2 rings (SSSR count). The fourth-order valence-corrected chi connectivity index (χ4v) is 3.34. The van der Waals surface area contributed by atoms with E-state index < -0.39 is 20.9 Å². The van der Waals surface area contributed by atoms with Crippen LogP contribution in [0.15, 0.2) is 23.4 Å². The van der Waals surface area contributed by atoms with Crippen molar-refractivity contribution in [1.82, 2.24) is 14.6 Å². The number of aromatic nitrogens is 1. The Morgan fingerprint density at radius 3 is 2.85 bits per heavy atom. The van der Waals surface area contributed by atoms with E-state index >= 15 is 0 Å². The third-order valence-corrected chi connectivity index (χ3v) is 4.49. The number of rotatable bonds is 5. The van der Waals surface area contributed by atoms with Gasteiger partial charge in [-0.15, -0.1) is 0 Å². The van der Waals surface area contributed by atoms with Crippen LogP contribution in [0.1, 0.15) is 6.92 Å². The van der Waals surface area contributed by atoms with Crippen molar-refractivity contribution in [2.75, 3.05) is 32.8 Å². The van der Waals surface area contributed by atoms with Crippen LogP contribution >= 0.6 is 0 Å². The predicted molar refractivity (Wildman–Crippen MR) is 71.2 cm³/mol. The molecule has 1 aliphatic heterocycles. The molecule has 0 spiro atoms. The normalized spacial score (nSPS) is 18.9. The van der Waals surface area contributed by atoms with Gasteiger partial charge in [-0.2, -0.15) is 0 Å². The first kappa shape index (κ1) is 15.3. The standard InChI is InChI=1S/C12H18FN3O3S/c1-10(9-16-5-7-19-8-6-16)15-20(17,18)12-11(13)3-2-4-14-12/h2-4,10,15H,5-9H2,1H3. The van der Waals surface area contributed by atoms with Crippen LogP contribution in [0.3, 0.4) is 0 Å². The number of halogens is 1. The third kappa shape index (κ3) is 3.95. The zero-order valence-electron chi connectivity index (χ0n) is 11.3. The maximum absolute atomic E-state index is 13.5. The van der Waals surface area contributed by atoms with E-state index in [1.54, 1.807) is 6.92 Å². The highest BCUT2D eigenvalue weighted by Gasteiger charge is 2.24. The number of hydrogen-bond donors (Lipinski definition) is 1. The lowest BCUT2D eigenvalue weighted by Crippen LogP contribution is -2.46. The summed E-state index contributed by atoms with van der Waals surface area (Å²) in [4.78, 5) is 5.69. The number of pyridine rings is 1. The van der Waals surface area contributed by atoms with Crippen molar-refractivity contribution in [3.05, 3.63) is 24.1 Å². The Balaban J connectivity index is 1.99. The highest BCUT2D eigenvalue weighted by molar-refractivity contribution is 7.89. The number of nitrogens with zero attached hydrogens (tertiary/aromatic N) is 2. The average Bonchev–Trinajstić information content (AvgIpc) is 2.39. The molecule has 1 atom stereocenters. The summed E-state index contributed by atoms with van der Waals surface area (Å²) in [6.45, 7) is 5.13. The molecule has 20 heavy (non-hydrogen) atoms. The molecule has 0 radical (unpaired) electrons. The molecule has 1 N–H and O–H groups in total. The summed E-state index contributed by atoms with van der Waals surface area (Å²) in [7, 11) is -3.93. The van der Waals surface area contributed by atoms with Gasteiger partial charge in [0.2, 0.25) is 5.03 Å². The molecule has 1 aromatic heterocycles. The number of sulfonamides is 1. The largest absolute Gasteiger partial charge is 0.379 e. The van der Waals surface area contributed by atoms with E-state index in [-0.39, 0.29) is 6.04 Å². The van der Waals surface area contributed by atoms with E-state index in [1.165, 1.54) is 12.3 Å². The van der Waals surface area contributed by atoms with Crippen LogP contribution < -0.4 is 4.72 Å². The SMILES string of the molecule is CC(CN1CCOCC1)NS(=O)(=O)c1ncccc1F. The van der Waals surface area contributed by atoms with Crippen molar-refractivity contribution in [1.29, 1.82) is 0 Å². The van der Waals surface area contributed by atoms with Gasteiger partial charge in [-0.1, -0.05) is 0 Å². The third-order valence-electron chi connectivity index (χ3n) is 2.97. The van der Waals surface area contributed by atoms with Gasteiger partial charge in [0, 0.05) is 31.9 Å². The second-order valence-electron chi connectivity index (χ2n) is 4.73. The minimum Gasteiger partial charge on any atom is -0.379 e. The van der Waals surface area contributed by atoms with E-state index in [9.17, 15) is 12.8 Å². The molecule has 112 valence electrons. The molecule has 0 bridgehead atoms. The van der Waals surface area contributed by atoms with Crippen LogP contribution in [0.5, 0.6) is 0 Å². The molecule has 2 heterocycles. The van der Waals surface area contributed by atoms with Crippen LogP contribution in [-0.2, 0) is 14.8 Å². The van der Waals surface area contributed by atoms with Crippen LogP contribution in [0, 0.1) is 5.82 Å². The molecular weight excluding hydrogens is 285 g/mol. The summed E-state index contributed by atoms with van der Waals surface area (Å²) in [6, 6.07) is 2.10. The van der Waals surface area contributed by atoms with Crippen molar-refractivity contribution in [2.24, 2.45) is 0 Å². The van der Waals surface area contributed by atoms with Gasteiger partial charge < -0.3 is 4.74 Å². The Morgan fingerprint density at radius 1 is 1.50 bits per heavy atom. The second kappa shape index (κ2) is 6.57. The van der Waals surface area contributed by atoms with Crippen molar-refractivity contribution in [3.63, 3.8) is 0 Å². The Hall–Kier alpha value is -1.09. The van der Waals surface area contributed by atoms with Crippen LogP contribution in [0.4, 0.5) is 4.39 Å². The van der Waals surface area contributed by atoms with E-state index in [0.717, 1.165) is 19.2 Å². The minimum absolute atomic E-state index is 0.334. The van der Waals surface area contributed by atoms with Gasteiger partial charge in [0.1, 0.15) is 0 Å². The Bertz CT molecular complexity index is 547. The molecule has 6 nitrogen and oxygen atoms in total. The molecule has 1 saturated heterocycles. The summed E-state index contributed by atoms with van der Waals surface area (Å²) in [5.74, 6) is -0.849. The monoisotopic (exact) mass is 303 g/mol. The molecule has 0 aliphatic carbocycles. The maximum atomic E-state index is 13.5. The number of nitrogens with one attached hydrogen (secondary N) is 1. The van der Waals surface area contributed by atoms with Crippen molar-refractivity contribution in [3.8, 4) is 0 Å².